The molecular formula is C16H28P2. The van der Waals surface area contributed by atoms with Crippen LogP contribution in [0.1, 0.15) is 39.5 Å². The topological polar surface area (TPSA) is 0 Å². The Labute approximate surface area is 116 Å². The van der Waals surface area contributed by atoms with E-state index >= 15 is 0 Å². The summed E-state index contributed by atoms with van der Waals surface area (Å²) >= 11 is 0. The van der Waals surface area contributed by atoms with Crippen molar-refractivity contribution in [3.05, 3.63) is 24.3 Å². The Morgan fingerprint density at radius 2 is 1.17 bits per heavy atom. The number of hydrogen-bond donors (Lipinski definition) is 0. The summed E-state index contributed by atoms with van der Waals surface area (Å²) in [5, 5.41) is 3.37. The minimum Gasteiger partial charge on any atom is -0.0778 e. The first kappa shape index (κ1) is 16.1. The molecule has 0 saturated heterocycles. The van der Waals surface area contributed by atoms with Crippen molar-refractivity contribution < 1.29 is 0 Å². The standard InChI is InChI=1S/C16H28P2/c1-5-7-13-17(3)15-11-9-10-12-16(15)18(4)14-8-6-2/h9-12H,5-8,13-14H2,1-4H3. The Hall–Kier alpha value is 0.0800. The minimum absolute atomic E-state index is 0.0664. The van der Waals surface area contributed by atoms with E-state index in [0.29, 0.717) is 0 Å². The van der Waals surface area contributed by atoms with E-state index < -0.39 is 0 Å². The molecule has 2 unspecified atom stereocenters. The van der Waals surface area contributed by atoms with Crippen molar-refractivity contribution in [3.63, 3.8) is 0 Å². The van der Waals surface area contributed by atoms with Crippen LogP contribution in [0.3, 0.4) is 0 Å². The Balaban J connectivity index is 2.77. The van der Waals surface area contributed by atoms with Gasteiger partial charge in [-0.2, -0.15) is 0 Å². The van der Waals surface area contributed by atoms with Crippen molar-refractivity contribution in [2.45, 2.75) is 39.5 Å². The van der Waals surface area contributed by atoms with E-state index in [1.54, 1.807) is 10.6 Å². The lowest BCUT2D eigenvalue weighted by Gasteiger charge is -2.21. The first-order chi connectivity index (χ1) is 8.70. The molecule has 0 radical (unpaired) electrons. The molecule has 0 bridgehead atoms. The molecular weight excluding hydrogens is 254 g/mol. The minimum atomic E-state index is 0.0664. The average Bonchev–Trinajstić information content (AvgIpc) is 2.42. The van der Waals surface area contributed by atoms with Gasteiger partial charge in [0.25, 0.3) is 0 Å². The van der Waals surface area contributed by atoms with E-state index in [4.69, 9.17) is 0 Å². The van der Waals surface area contributed by atoms with Gasteiger partial charge in [-0.3, -0.25) is 0 Å². The molecule has 0 aliphatic heterocycles. The molecule has 0 nitrogen and oxygen atoms in total. The van der Waals surface area contributed by atoms with Gasteiger partial charge in [0, 0.05) is 0 Å². The van der Waals surface area contributed by atoms with E-state index in [1.165, 1.54) is 38.0 Å². The molecule has 102 valence electrons. The van der Waals surface area contributed by atoms with Crippen molar-refractivity contribution in [2.75, 3.05) is 25.7 Å². The maximum atomic E-state index is 2.47. The van der Waals surface area contributed by atoms with Crippen molar-refractivity contribution in [2.24, 2.45) is 0 Å². The highest BCUT2D eigenvalue weighted by molar-refractivity contribution is 7.71. The molecule has 0 aliphatic rings. The van der Waals surface area contributed by atoms with Crippen molar-refractivity contribution in [1.82, 2.24) is 0 Å². The third-order valence-corrected chi connectivity index (χ3v) is 7.97. The first-order valence-electron chi connectivity index (χ1n) is 7.22. The number of hydrogen-bond acceptors (Lipinski definition) is 0. The third-order valence-electron chi connectivity index (χ3n) is 3.40. The Kier molecular flexibility index (Phi) is 8.12. The predicted octanol–water partition coefficient (Wildman–Crippen LogP) is 4.76. The average molecular weight is 282 g/mol. The number of rotatable bonds is 8. The zero-order chi connectivity index (χ0) is 13.4. The Morgan fingerprint density at radius 3 is 1.50 bits per heavy atom. The van der Waals surface area contributed by atoms with Crippen LogP contribution in [-0.2, 0) is 0 Å². The first-order valence-corrected chi connectivity index (χ1v) is 11.2. The summed E-state index contributed by atoms with van der Waals surface area (Å²) < 4.78 is 0. The zero-order valence-electron chi connectivity index (χ0n) is 12.4. The largest absolute Gasteiger partial charge is 0.0778 e. The Bertz CT molecular complexity index is 303. The molecule has 1 rings (SSSR count). The Morgan fingerprint density at radius 1 is 0.778 bits per heavy atom. The van der Waals surface area contributed by atoms with E-state index in [2.05, 4.69) is 51.4 Å². The molecule has 0 fully saturated rings. The summed E-state index contributed by atoms with van der Waals surface area (Å²) in [5.74, 6) is 0. The molecule has 0 N–H and O–H groups in total. The molecule has 0 saturated carbocycles. The SMILES string of the molecule is CCCCP(C)c1ccccc1P(C)CCCC. The van der Waals surface area contributed by atoms with Crippen LogP contribution in [-0.4, -0.2) is 25.7 Å². The van der Waals surface area contributed by atoms with E-state index in [9.17, 15) is 0 Å². The lowest BCUT2D eigenvalue weighted by atomic mass is 10.4. The fourth-order valence-corrected chi connectivity index (χ4v) is 6.84. The summed E-state index contributed by atoms with van der Waals surface area (Å²) in [6, 6.07) is 9.24. The van der Waals surface area contributed by atoms with Crippen LogP contribution in [0.4, 0.5) is 0 Å². The second-order valence-electron chi connectivity index (χ2n) is 5.04. The normalized spacial score (nSPS) is 14.4. The van der Waals surface area contributed by atoms with Crippen molar-refractivity contribution in [3.8, 4) is 0 Å². The summed E-state index contributed by atoms with van der Waals surface area (Å²) in [6.07, 6.45) is 8.22. The second kappa shape index (κ2) is 9.06. The lowest BCUT2D eigenvalue weighted by molar-refractivity contribution is 0.892. The molecule has 0 aliphatic carbocycles. The van der Waals surface area contributed by atoms with Crippen LogP contribution in [0.25, 0.3) is 0 Å². The summed E-state index contributed by atoms with van der Waals surface area (Å²) in [6.45, 7) is 9.52. The number of benzene rings is 1. The second-order valence-corrected chi connectivity index (χ2v) is 9.69. The van der Waals surface area contributed by atoms with E-state index in [-0.39, 0.29) is 15.8 Å². The smallest absolute Gasteiger partial charge is 0.0167 e. The van der Waals surface area contributed by atoms with Gasteiger partial charge < -0.3 is 0 Å². The van der Waals surface area contributed by atoms with Crippen LogP contribution >= 0.6 is 15.8 Å². The molecule has 0 heterocycles. The van der Waals surface area contributed by atoms with Crippen LogP contribution < -0.4 is 10.6 Å². The molecule has 18 heavy (non-hydrogen) atoms. The van der Waals surface area contributed by atoms with Gasteiger partial charge in [0.05, 0.1) is 0 Å². The van der Waals surface area contributed by atoms with Gasteiger partial charge in [0.2, 0.25) is 0 Å². The van der Waals surface area contributed by atoms with Gasteiger partial charge in [-0.05, 0) is 49.1 Å². The maximum absolute atomic E-state index is 2.47. The van der Waals surface area contributed by atoms with Gasteiger partial charge in [0.1, 0.15) is 0 Å². The fraction of sp³-hybridized carbons (Fsp3) is 0.625. The van der Waals surface area contributed by atoms with Crippen LogP contribution in [0.2, 0.25) is 0 Å². The summed E-state index contributed by atoms with van der Waals surface area (Å²) in [4.78, 5) is 0. The molecule has 1 aromatic carbocycles. The lowest BCUT2D eigenvalue weighted by Crippen LogP contribution is -2.22. The monoisotopic (exact) mass is 282 g/mol. The molecule has 0 aromatic heterocycles. The predicted molar refractivity (Wildman–Crippen MR) is 90.9 cm³/mol. The highest BCUT2D eigenvalue weighted by Gasteiger charge is 2.13. The van der Waals surface area contributed by atoms with Gasteiger partial charge in [0.15, 0.2) is 0 Å². The van der Waals surface area contributed by atoms with Crippen LogP contribution in [0.5, 0.6) is 0 Å². The molecule has 0 spiro atoms. The van der Waals surface area contributed by atoms with Crippen LogP contribution in [0, 0.1) is 0 Å². The highest BCUT2D eigenvalue weighted by atomic mass is 31.1. The summed E-state index contributed by atoms with van der Waals surface area (Å²) in [5.41, 5.74) is 0. The van der Waals surface area contributed by atoms with Crippen molar-refractivity contribution >= 4 is 26.5 Å². The number of unbranched alkanes of at least 4 members (excludes halogenated alkanes) is 2. The molecule has 1 aromatic rings. The summed E-state index contributed by atoms with van der Waals surface area (Å²) in [7, 11) is 0.133. The van der Waals surface area contributed by atoms with Crippen molar-refractivity contribution in [1.29, 1.82) is 0 Å². The van der Waals surface area contributed by atoms with E-state index in [1.807, 2.05) is 0 Å². The third kappa shape index (κ3) is 4.99. The zero-order valence-corrected chi connectivity index (χ0v) is 14.2. The fourth-order valence-electron chi connectivity index (χ4n) is 2.14. The van der Waals surface area contributed by atoms with Gasteiger partial charge >= 0.3 is 0 Å². The van der Waals surface area contributed by atoms with Crippen LogP contribution in [0.15, 0.2) is 24.3 Å². The molecule has 0 amide bonds. The highest BCUT2D eigenvalue weighted by Crippen LogP contribution is 2.36. The maximum Gasteiger partial charge on any atom is -0.0167 e. The van der Waals surface area contributed by atoms with E-state index in [0.717, 1.165) is 0 Å². The molecule has 2 heteroatoms. The van der Waals surface area contributed by atoms with Gasteiger partial charge in [-0.25, -0.2) is 0 Å². The van der Waals surface area contributed by atoms with Gasteiger partial charge in [-0.1, -0.05) is 66.8 Å². The van der Waals surface area contributed by atoms with Gasteiger partial charge in [-0.15, -0.1) is 0 Å². The quantitative estimate of drug-likeness (QED) is 0.603. The molecule has 2 atom stereocenters.